The standard InChI is InChI=1S/C15H24O2/c1-12(11-16)5-4-8-15(3)13-6-9-14(2,17-15)10-7-13/h5-6,9,13,16H,4,7-8,10-11H2,1-3H3/b12-5+/t13-,14+,15+/m0/s1. The number of aliphatic hydroxyl groups excluding tert-OH is 1. The van der Waals surface area contributed by atoms with Crippen LogP contribution in [0.4, 0.5) is 0 Å². The van der Waals surface area contributed by atoms with Gasteiger partial charge in [-0.3, -0.25) is 0 Å². The molecule has 0 unspecified atom stereocenters. The van der Waals surface area contributed by atoms with Crippen molar-refractivity contribution in [2.45, 2.75) is 57.7 Å². The molecule has 2 heteroatoms. The molecule has 0 amide bonds. The molecule has 1 fully saturated rings. The summed E-state index contributed by atoms with van der Waals surface area (Å²) in [5.74, 6) is 0.562. The van der Waals surface area contributed by atoms with Gasteiger partial charge in [-0.15, -0.1) is 0 Å². The highest BCUT2D eigenvalue weighted by Crippen LogP contribution is 2.47. The quantitative estimate of drug-likeness (QED) is 0.759. The largest absolute Gasteiger partial charge is 0.392 e. The Balaban J connectivity index is 1.99. The lowest BCUT2D eigenvalue weighted by Crippen LogP contribution is -2.52. The van der Waals surface area contributed by atoms with E-state index in [1.54, 1.807) is 0 Å². The number of aliphatic hydroxyl groups is 1. The molecule has 17 heavy (non-hydrogen) atoms. The van der Waals surface area contributed by atoms with E-state index >= 15 is 0 Å². The molecule has 0 spiro atoms. The molecule has 0 aromatic carbocycles. The highest BCUT2D eigenvalue weighted by Gasteiger charge is 2.47. The SMILES string of the molecule is C/C(=C\CC[C@@]1(C)O[C@]2(C)C=C[C@H]1CC2)CO. The third kappa shape index (κ3) is 2.63. The van der Waals surface area contributed by atoms with E-state index in [0.29, 0.717) is 5.92 Å². The average Bonchev–Trinajstić information content (AvgIpc) is 2.28. The van der Waals surface area contributed by atoms with Gasteiger partial charge in [-0.2, -0.15) is 0 Å². The summed E-state index contributed by atoms with van der Waals surface area (Å²) in [6.45, 7) is 6.56. The number of hydrogen-bond acceptors (Lipinski definition) is 2. The van der Waals surface area contributed by atoms with E-state index in [4.69, 9.17) is 9.84 Å². The monoisotopic (exact) mass is 236 g/mol. The van der Waals surface area contributed by atoms with Crippen LogP contribution in [0.1, 0.15) is 46.5 Å². The molecule has 3 rings (SSSR count). The van der Waals surface area contributed by atoms with Crippen LogP contribution in [0, 0.1) is 5.92 Å². The number of allylic oxidation sites excluding steroid dienone is 1. The van der Waals surface area contributed by atoms with Crippen molar-refractivity contribution >= 4 is 0 Å². The minimum Gasteiger partial charge on any atom is -0.392 e. The lowest BCUT2D eigenvalue weighted by atomic mass is 9.71. The zero-order valence-corrected chi connectivity index (χ0v) is 11.2. The Labute approximate surface area is 104 Å². The fourth-order valence-electron chi connectivity index (χ4n) is 3.05. The molecule has 0 aromatic rings. The summed E-state index contributed by atoms with van der Waals surface area (Å²) >= 11 is 0. The third-order valence-electron chi connectivity index (χ3n) is 4.27. The van der Waals surface area contributed by atoms with E-state index < -0.39 is 0 Å². The molecule has 2 bridgehead atoms. The third-order valence-corrected chi connectivity index (χ3v) is 4.27. The van der Waals surface area contributed by atoms with Gasteiger partial charge in [-0.05, 0) is 46.5 Å². The molecule has 1 N–H and O–H groups in total. The van der Waals surface area contributed by atoms with E-state index in [1.807, 2.05) is 6.92 Å². The van der Waals surface area contributed by atoms with E-state index in [0.717, 1.165) is 24.8 Å². The minimum atomic E-state index is -0.0424. The zero-order chi connectivity index (χ0) is 12.5. The summed E-state index contributed by atoms with van der Waals surface area (Å²) in [4.78, 5) is 0. The summed E-state index contributed by atoms with van der Waals surface area (Å²) in [5.41, 5.74) is 0.990. The maximum Gasteiger partial charge on any atom is 0.0842 e. The van der Waals surface area contributed by atoms with Crippen molar-refractivity contribution in [3.8, 4) is 0 Å². The van der Waals surface area contributed by atoms with Gasteiger partial charge >= 0.3 is 0 Å². The van der Waals surface area contributed by atoms with Crippen LogP contribution < -0.4 is 0 Å². The second-order valence-electron chi connectivity index (χ2n) is 5.98. The Hall–Kier alpha value is -0.600. The van der Waals surface area contributed by atoms with Crippen molar-refractivity contribution < 1.29 is 9.84 Å². The molecule has 1 aliphatic carbocycles. The van der Waals surface area contributed by atoms with Crippen LogP contribution in [0.15, 0.2) is 23.8 Å². The Kier molecular flexibility index (Phi) is 3.46. The van der Waals surface area contributed by atoms with Crippen LogP contribution in [0.5, 0.6) is 0 Å². The maximum absolute atomic E-state index is 8.97. The molecular formula is C15H24O2. The first kappa shape index (κ1) is 12.8. The van der Waals surface area contributed by atoms with Crippen LogP contribution in [0.25, 0.3) is 0 Å². The van der Waals surface area contributed by atoms with E-state index in [-0.39, 0.29) is 17.8 Å². The number of ether oxygens (including phenoxy) is 1. The van der Waals surface area contributed by atoms with Gasteiger partial charge in [0.1, 0.15) is 0 Å². The van der Waals surface area contributed by atoms with Crippen LogP contribution in [0.2, 0.25) is 0 Å². The summed E-state index contributed by atoms with van der Waals surface area (Å²) in [7, 11) is 0. The van der Waals surface area contributed by atoms with Crippen molar-refractivity contribution in [2.75, 3.05) is 6.61 Å². The maximum atomic E-state index is 8.97. The normalized spacial score (nSPS) is 40.9. The van der Waals surface area contributed by atoms with E-state index in [9.17, 15) is 0 Å². The van der Waals surface area contributed by atoms with Gasteiger partial charge < -0.3 is 9.84 Å². The predicted octanol–water partition coefficient (Wildman–Crippen LogP) is 3.22. The number of fused-ring (bicyclic) bond motifs is 2. The van der Waals surface area contributed by atoms with Gasteiger partial charge in [0, 0.05) is 5.92 Å². The Morgan fingerprint density at radius 2 is 2.29 bits per heavy atom. The number of rotatable bonds is 4. The smallest absolute Gasteiger partial charge is 0.0842 e. The highest BCUT2D eigenvalue weighted by molar-refractivity contribution is 5.17. The molecule has 3 atom stereocenters. The van der Waals surface area contributed by atoms with Gasteiger partial charge in [0.2, 0.25) is 0 Å². The summed E-state index contributed by atoms with van der Waals surface area (Å²) in [6, 6.07) is 0. The minimum absolute atomic E-state index is 0.0199. The average molecular weight is 236 g/mol. The first-order valence-corrected chi connectivity index (χ1v) is 6.63. The second-order valence-corrected chi connectivity index (χ2v) is 5.98. The van der Waals surface area contributed by atoms with Crippen molar-refractivity contribution in [3.63, 3.8) is 0 Å². The van der Waals surface area contributed by atoms with Crippen molar-refractivity contribution in [1.29, 1.82) is 0 Å². The molecule has 1 saturated heterocycles. The van der Waals surface area contributed by atoms with Crippen molar-refractivity contribution in [3.05, 3.63) is 23.8 Å². The highest BCUT2D eigenvalue weighted by atomic mass is 16.5. The first-order valence-electron chi connectivity index (χ1n) is 6.63. The van der Waals surface area contributed by atoms with Gasteiger partial charge in [-0.25, -0.2) is 0 Å². The molecule has 2 nitrogen and oxygen atoms in total. The lowest BCUT2D eigenvalue weighted by molar-refractivity contribution is -0.184. The molecular weight excluding hydrogens is 212 g/mol. The Morgan fingerprint density at radius 3 is 2.82 bits per heavy atom. The van der Waals surface area contributed by atoms with Gasteiger partial charge in [-0.1, -0.05) is 23.8 Å². The van der Waals surface area contributed by atoms with Crippen LogP contribution in [-0.2, 0) is 4.74 Å². The molecule has 0 radical (unpaired) electrons. The van der Waals surface area contributed by atoms with Gasteiger partial charge in [0.25, 0.3) is 0 Å². The lowest BCUT2D eigenvalue weighted by Gasteiger charge is -2.52. The van der Waals surface area contributed by atoms with Crippen molar-refractivity contribution in [1.82, 2.24) is 0 Å². The molecule has 96 valence electrons. The molecule has 2 heterocycles. The molecule has 0 saturated carbocycles. The van der Waals surface area contributed by atoms with Crippen LogP contribution >= 0.6 is 0 Å². The Bertz CT molecular complexity index is 345. The fraction of sp³-hybridized carbons (Fsp3) is 0.733. The van der Waals surface area contributed by atoms with E-state index in [2.05, 4.69) is 32.1 Å². The second kappa shape index (κ2) is 4.58. The summed E-state index contributed by atoms with van der Waals surface area (Å²) < 4.78 is 6.30. The fourth-order valence-corrected chi connectivity index (χ4v) is 3.05. The predicted molar refractivity (Wildman–Crippen MR) is 69.8 cm³/mol. The Morgan fingerprint density at radius 1 is 1.53 bits per heavy atom. The summed E-state index contributed by atoms with van der Waals surface area (Å²) in [6.07, 6.45) is 11.1. The van der Waals surface area contributed by atoms with Crippen molar-refractivity contribution in [2.24, 2.45) is 5.92 Å². The van der Waals surface area contributed by atoms with Gasteiger partial charge in [0.15, 0.2) is 0 Å². The van der Waals surface area contributed by atoms with Crippen LogP contribution in [0.3, 0.4) is 0 Å². The first-order chi connectivity index (χ1) is 7.97. The number of hydrogen-bond donors (Lipinski definition) is 1. The van der Waals surface area contributed by atoms with Gasteiger partial charge in [0.05, 0.1) is 17.8 Å². The molecule has 0 aromatic heterocycles. The topological polar surface area (TPSA) is 29.5 Å². The molecule has 3 aliphatic rings. The van der Waals surface area contributed by atoms with Crippen LogP contribution in [-0.4, -0.2) is 22.9 Å². The molecule has 2 aliphatic heterocycles. The summed E-state index contributed by atoms with van der Waals surface area (Å²) in [5, 5.41) is 8.97. The zero-order valence-electron chi connectivity index (χ0n) is 11.2. The van der Waals surface area contributed by atoms with E-state index in [1.165, 1.54) is 6.42 Å².